The predicted octanol–water partition coefficient (Wildman–Crippen LogP) is 3.32. The first kappa shape index (κ1) is 18.0. The van der Waals surface area contributed by atoms with Gasteiger partial charge in [-0.2, -0.15) is 0 Å². The third kappa shape index (κ3) is 5.38. The van der Waals surface area contributed by atoms with Gasteiger partial charge in [0.1, 0.15) is 5.82 Å². The number of carbonyl (C=O) groups is 2. The smallest absolute Gasteiger partial charge is 0.243 e. The van der Waals surface area contributed by atoms with Crippen molar-refractivity contribution in [1.82, 2.24) is 4.90 Å². The van der Waals surface area contributed by atoms with E-state index in [1.54, 1.807) is 7.05 Å². The summed E-state index contributed by atoms with van der Waals surface area (Å²) in [5, 5.41) is 2.63. The van der Waals surface area contributed by atoms with Gasteiger partial charge in [0.25, 0.3) is 0 Å². The lowest BCUT2D eigenvalue weighted by Gasteiger charge is -2.17. The number of rotatable bonds is 6. The van der Waals surface area contributed by atoms with E-state index >= 15 is 0 Å². The Balaban J connectivity index is 1.81. The van der Waals surface area contributed by atoms with Crippen molar-refractivity contribution in [2.24, 2.45) is 0 Å². The lowest BCUT2D eigenvalue weighted by Crippen LogP contribution is -2.35. The van der Waals surface area contributed by atoms with Crippen molar-refractivity contribution in [2.45, 2.75) is 11.8 Å². The van der Waals surface area contributed by atoms with Gasteiger partial charge < -0.3 is 10.2 Å². The summed E-state index contributed by atoms with van der Waals surface area (Å²) in [7, 11) is 1.59. The highest BCUT2D eigenvalue weighted by Gasteiger charge is 2.14. The third-order valence-corrected chi connectivity index (χ3v) is 4.54. The Hall–Kier alpha value is -2.34. The second-order valence-corrected chi connectivity index (χ2v) is 6.38. The molecule has 0 radical (unpaired) electrons. The van der Waals surface area contributed by atoms with Gasteiger partial charge in [0, 0.05) is 17.6 Å². The van der Waals surface area contributed by atoms with Crippen LogP contribution >= 0.6 is 11.8 Å². The van der Waals surface area contributed by atoms with E-state index in [1.165, 1.54) is 40.9 Å². The van der Waals surface area contributed by atoms with Gasteiger partial charge in [0.05, 0.1) is 12.3 Å². The predicted molar refractivity (Wildman–Crippen MR) is 94.6 cm³/mol. The Labute approximate surface area is 145 Å². The molecule has 0 saturated carbocycles. The zero-order valence-electron chi connectivity index (χ0n) is 13.6. The van der Waals surface area contributed by atoms with Crippen LogP contribution in [0, 0.1) is 12.7 Å². The number of likely N-dealkylation sites (N-methyl/N-ethyl adjacent to an activating group) is 1. The van der Waals surface area contributed by atoms with Gasteiger partial charge in [-0.1, -0.05) is 18.2 Å². The number of halogens is 1. The van der Waals surface area contributed by atoms with Crippen molar-refractivity contribution >= 4 is 29.3 Å². The molecule has 1 N–H and O–H groups in total. The Morgan fingerprint density at radius 2 is 1.79 bits per heavy atom. The van der Waals surface area contributed by atoms with Gasteiger partial charge in [0.15, 0.2) is 0 Å². The van der Waals surface area contributed by atoms with E-state index in [9.17, 15) is 14.0 Å². The van der Waals surface area contributed by atoms with Gasteiger partial charge in [-0.3, -0.25) is 9.59 Å². The average molecular weight is 346 g/mol. The lowest BCUT2D eigenvalue weighted by atomic mass is 10.2. The molecule has 0 aliphatic carbocycles. The fraction of sp³-hybridized carbons (Fsp3) is 0.222. The van der Waals surface area contributed by atoms with E-state index in [0.717, 1.165) is 10.5 Å². The fourth-order valence-electron chi connectivity index (χ4n) is 2.01. The molecule has 6 heteroatoms. The molecular weight excluding hydrogens is 327 g/mol. The topological polar surface area (TPSA) is 49.4 Å². The standard InChI is InChI=1S/C18H19FN2O2S/c1-13-5-3-4-6-16(13)24-12-18(23)21(2)11-17(22)20-15-9-7-14(19)8-10-15/h3-10H,11-12H2,1-2H3,(H,20,22). The van der Waals surface area contributed by atoms with Crippen LogP contribution in [0.2, 0.25) is 0 Å². The molecule has 2 amide bonds. The number of nitrogens with zero attached hydrogens (tertiary/aromatic N) is 1. The number of anilines is 1. The number of aryl methyl sites for hydroxylation is 1. The zero-order chi connectivity index (χ0) is 17.5. The van der Waals surface area contributed by atoms with Crippen LogP contribution in [0.25, 0.3) is 0 Å². The van der Waals surface area contributed by atoms with Gasteiger partial charge in [-0.25, -0.2) is 4.39 Å². The molecule has 2 aromatic carbocycles. The number of amides is 2. The lowest BCUT2D eigenvalue weighted by molar-refractivity contribution is -0.131. The number of carbonyl (C=O) groups excluding carboxylic acids is 2. The zero-order valence-corrected chi connectivity index (χ0v) is 14.4. The SMILES string of the molecule is Cc1ccccc1SCC(=O)N(C)CC(=O)Nc1ccc(F)cc1. The van der Waals surface area contributed by atoms with Crippen molar-refractivity contribution in [2.75, 3.05) is 24.7 Å². The van der Waals surface area contributed by atoms with Crippen LogP contribution in [-0.4, -0.2) is 36.1 Å². The summed E-state index contributed by atoms with van der Waals surface area (Å²) in [4.78, 5) is 26.5. The molecule has 2 rings (SSSR count). The second-order valence-electron chi connectivity index (χ2n) is 5.36. The maximum Gasteiger partial charge on any atom is 0.243 e. The molecule has 0 unspecified atom stereocenters. The largest absolute Gasteiger partial charge is 0.336 e. The van der Waals surface area contributed by atoms with Gasteiger partial charge in [0.2, 0.25) is 11.8 Å². The number of benzene rings is 2. The molecule has 126 valence electrons. The van der Waals surface area contributed by atoms with Crippen molar-refractivity contribution < 1.29 is 14.0 Å². The molecule has 4 nitrogen and oxygen atoms in total. The van der Waals surface area contributed by atoms with E-state index in [0.29, 0.717) is 5.69 Å². The van der Waals surface area contributed by atoms with Crippen LogP contribution < -0.4 is 5.32 Å². The Morgan fingerprint density at radius 1 is 1.12 bits per heavy atom. The second kappa shape index (κ2) is 8.49. The first-order chi connectivity index (χ1) is 11.5. The summed E-state index contributed by atoms with van der Waals surface area (Å²) in [6, 6.07) is 13.3. The molecule has 0 bridgehead atoms. The van der Waals surface area contributed by atoms with Crippen LogP contribution in [0.3, 0.4) is 0 Å². The van der Waals surface area contributed by atoms with Gasteiger partial charge in [-0.05, 0) is 42.8 Å². The molecule has 24 heavy (non-hydrogen) atoms. The third-order valence-electron chi connectivity index (χ3n) is 3.38. The molecule has 0 atom stereocenters. The Kier molecular flexibility index (Phi) is 6.37. The number of nitrogens with one attached hydrogen (secondary N) is 1. The van der Waals surface area contributed by atoms with Crippen LogP contribution in [0.1, 0.15) is 5.56 Å². The van der Waals surface area contributed by atoms with Crippen LogP contribution in [0.15, 0.2) is 53.4 Å². The van der Waals surface area contributed by atoms with E-state index in [2.05, 4.69) is 5.32 Å². The minimum absolute atomic E-state index is 0.0511. The summed E-state index contributed by atoms with van der Waals surface area (Å²) in [6.07, 6.45) is 0. The van der Waals surface area contributed by atoms with Gasteiger partial charge in [-0.15, -0.1) is 11.8 Å². The highest BCUT2D eigenvalue weighted by molar-refractivity contribution is 8.00. The summed E-state index contributed by atoms with van der Waals surface area (Å²) >= 11 is 1.45. The Morgan fingerprint density at radius 3 is 2.46 bits per heavy atom. The Bertz CT molecular complexity index is 719. The van der Waals surface area contributed by atoms with E-state index in [4.69, 9.17) is 0 Å². The summed E-state index contributed by atoms with van der Waals surface area (Å²) < 4.78 is 12.8. The van der Waals surface area contributed by atoms with Crippen molar-refractivity contribution in [3.8, 4) is 0 Å². The molecular formula is C18H19FN2O2S. The van der Waals surface area contributed by atoms with E-state index in [1.807, 2.05) is 31.2 Å². The van der Waals surface area contributed by atoms with E-state index < -0.39 is 0 Å². The fourth-order valence-corrected chi connectivity index (χ4v) is 2.98. The number of thioether (sulfide) groups is 1. The number of hydrogen-bond acceptors (Lipinski definition) is 3. The molecule has 2 aromatic rings. The summed E-state index contributed by atoms with van der Waals surface area (Å²) in [5.74, 6) is -0.546. The maximum atomic E-state index is 12.8. The quantitative estimate of drug-likeness (QED) is 0.816. The molecule has 0 spiro atoms. The average Bonchev–Trinajstić information content (AvgIpc) is 2.56. The van der Waals surface area contributed by atoms with Crippen molar-refractivity contribution in [3.05, 3.63) is 59.9 Å². The first-order valence-corrected chi connectivity index (χ1v) is 8.42. The summed E-state index contributed by atoms with van der Waals surface area (Å²) in [5.41, 5.74) is 1.61. The first-order valence-electron chi connectivity index (χ1n) is 7.43. The maximum absolute atomic E-state index is 12.8. The number of hydrogen-bond donors (Lipinski definition) is 1. The van der Waals surface area contributed by atoms with Crippen molar-refractivity contribution in [1.29, 1.82) is 0 Å². The van der Waals surface area contributed by atoms with E-state index in [-0.39, 0.29) is 29.9 Å². The highest BCUT2D eigenvalue weighted by atomic mass is 32.2. The normalized spacial score (nSPS) is 10.3. The minimum Gasteiger partial charge on any atom is -0.336 e. The highest BCUT2D eigenvalue weighted by Crippen LogP contribution is 2.21. The summed E-state index contributed by atoms with van der Waals surface area (Å²) in [6.45, 7) is 1.94. The van der Waals surface area contributed by atoms with Crippen LogP contribution in [-0.2, 0) is 9.59 Å². The molecule has 0 aromatic heterocycles. The molecule has 0 aliphatic rings. The van der Waals surface area contributed by atoms with Crippen LogP contribution in [0.4, 0.5) is 10.1 Å². The van der Waals surface area contributed by atoms with Crippen LogP contribution in [0.5, 0.6) is 0 Å². The van der Waals surface area contributed by atoms with Gasteiger partial charge >= 0.3 is 0 Å². The minimum atomic E-state index is -0.367. The monoisotopic (exact) mass is 346 g/mol. The molecule has 0 aliphatic heterocycles. The van der Waals surface area contributed by atoms with Crippen molar-refractivity contribution in [3.63, 3.8) is 0 Å². The molecule has 0 saturated heterocycles. The molecule has 0 heterocycles. The molecule has 0 fully saturated rings.